The van der Waals surface area contributed by atoms with Crippen LogP contribution in [0.3, 0.4) is 0 Å². The molecule has 0 spiro atoms. The molecule has 0 saturated heterocycles. The summed E-state index contributed by atoms with van der Waals surface area (Å²) in [7, 11) is 4.54. The molecule has 3 saturated carbocycles. The molecule has 2 aromatic rings. The van der Waals surface area contributed by atoms with E-state index in [1.807, 2.05) is 18.0 Å². The zero-order valence-electron chi connectivity index (χ0n) is 20.5. The Morgan fingerprint density at radius 2 is 1.81 bits per heavy atom. The lowest BCUT2D eigenvalue weighted by Crippen LogP contribution is -2.51. The standard InChI is InChI=1S/C30H40N2/c1-29-14-11-24(32(3)4)18-23(29)7-8-25-27-10-9-26(30(27,2)15-12-28(25)29)21-6-5-20-13-16-31-19-22(20)17-21/h5-7,13,16-17,19,24-28H,8-12,14-15,18H2,1-4H3/t24-,25-,26+,27-,28?,29-,30+/m0/s1. The summed E-state index contributed by atoms with van der Waals surface area (Å²) in [5, 5.41) is 2.62. The van der Waals surface area contributed by atoms with Crippen molar-refractivity contribution in [3.8, 4) is 0 Å². The molecule has 1 aromatic heterocycles. The van der Waals surface area contributed by atoms with Crippen molar-refractivity contribution in [2.75, 3.05) is 14.1 Å². The molecule has 0 radical (unpaired) electrons. The van der Waals surface area contributed by atoms with Gasteiger partial charge in [-0.2, -0.15) is 0 Å². The minimum absolute atomic E-state index is 0.458. The number of fused-ring (bicyclic) bond motifs is 6. The molecule has 3 fully saturated rings. The lowest BCUT2D eigenvalue weighted by molar-refractivity contribution is -0.0356. The van der Waals surface area contributed by atoms with Crippen LogP contribution in [0.4, 0.5) is 0 Å². The number of benzene rings is 1. The lowest BCUT2D eigenvalue weighted by atomic mass is 9.47. The van der Waals surface area contributed by atoms with Gasteiger partial charge in [-0.25, -0.2) is 0 Å². The van der Waals surface area contributed by atoms with Crippen molar-refractivity contribution in [3.63, 3.8) is 0 Å². The summed E-state index contributed by atoms with van der Waals surface area (Å²) in [5.41, 5.74) is 4.30. The molecule has 0 amide bonds. The first-order valence-electron chi connectivity index (χ1n) is 13.1. The first-order valence-corrected chi connectivity index (χ1v) is 13.1. The molecule has 7 atom stereocenters. The number of hydrogen-bond donors (Lipinski definition) is 0. The van der Waals surface area contributed by atoms with Gasteiger partial charge in [-0.3, -0.25) is 4.98 Å². The Bertz CT molecular complexity index is 1050. The van der Waals surface area contributed by atoms with E-state index >= 15 is 0 Å². The van der Waals surface area contributed by atoms with E-state index in [0.29, 0.717) is 16.7 Å². The van der Waals surface area contributed by atoms with E-state index < -0.39 is 0 Å². The Morgan fingerprint density at radius 1 is 0.938 bits per heavy atom. The van der Waals surface area contributed by atoms with Crippen molar-refractivity contribution >= 4 is 10.8 Å². The summed E-state index contributed by atoms with van der Waals surface area (Å²) >= 11 is 0. The van der Waals surface area contributed by atoms with Crippen LogP contribution in [0.1, 0.15) is 76.7 Å². The molecule has 6 rings (SSSR count). The second-order valence-electron chi connectivity index (χ2n) is 12.3. The van der Waals surface area contributed by atoms with Crippen LogP contribution in [0.25, 0.3) is 10.8 Å². The predicted molar refractivity (Wildman–Crippen MR) is 134 cm³/mol. The summed E-state index contributed by atoms with van der Waals surface area (Å²) in [6.07, 6.45) is 17.7. The monoisotopic (exact) mass is 428 g/mol. The van der Waals surface area contributed by atoms with Crippen LogP contribution >= 0.6 is 0 Å². The highest BCUT2D eigenvalue weighted by molar-refractivity contribution is 5.82. The van der Waals surface area contributed by atoms with Crippen molar-refractivity contribution in [3.05, 3.63) is 53.9 Å². The third-order valence-electron chi connectivity index (χ3n) is 10.9. The molecule has 32 heavy (non-hydrogen) atoms. The molecule has 170 valence electrons. The maximum Gasteiger partial charge on any atom is 0.0346 e. The second kappa shape index (κ2) is 7.42. The van der Waals surface area contributed by atoms with Crippen LogP contribution in [0.5, 0.6) is 0 Å². The maximum absolute atomic E-state index is 4.39. The highest BCUT2D eigenvalue weighted by Gasteiger charge is 2.58. The maximum atomic E-state index is 4.39. The van der Waals surface area contributed by atoms with Gasteiger partial charge in [0, 0.05) is 23.8 Å². The van der Waals surface area contributed by atoms with Gasteiger partial charge in [-0.1, -0.05) is 37.6 Å². The summed E-state index contributed by atoms with van der Waals surface area (Å²) in [6.45, 7) is 5.30. The largest absolute Gasteiger partial charge is 0.306 e. The van der Waals surface area contributed by atoms with Crippen molar-refractivity contribution < 1.29 is 0 Å². The van der Waals surface area contributed by atoms with Crippen LogP contribution in [0.2, 0.25) is 0 Å². The molecule has 1 aromatic carbocycles. The van der Waals surface area contributed by atoms with E-state index in [4.69, 9.17) is 0 Å². The number of aromatic nitrogens is 1. The van der Waals surface area contributed by atoms with Gasteiger partial charge in [0.25, 0.3) is 0 Å². The Balaban J connectivity index is 1.30. The van der Waals surface area contributed by atoms with E-state index in [0.717, 1.165) is 23.8 Å². The molecule has 1 heterocycles. The van der Waals surface area contributed by atoms with Gasteiger partial charge < -0.3 is 4.90 Å². The van der Waals surface area contributed by atoms with E-state index in [1.165, 1.54) is 62.1 Å². The summed E-state index contributed by atoms with van der Waals surface area (Å²) in [4.78, 5) is 6.85. The Labute approximate surface area is 194 Å². The fourth-order valence-corrected chi connectivity index (χ4v) is 8.95. The van der Waals surface area contributed by atoms with E-state index in [2.05, 4.69) is 68.2 Å². The minimum atomic E-state index is 0.458. The van der Waals surface area contributed by atoms with Crippen molar-refractivity contribution in [2.45, 2.75) is 77.2 Å². The van der Waals surface area contributed by atoms with Gasteiger partial charge in [0.2, 0.25) is 0 Å². The SMILES string of the molecule is CN(C)[C@H]1CC[C@@]2(C)C(=CC[C@@H]3C2CC[C@]2(C)[C@@H](c4ccc5ccncc5c4)CC[C@@H]32)C1. The second-order valence-corrected chi connectivity index (χ2v) is 12.3. The van der Waals surface area contributed by atoms with Gasteiger partial charge in [0.15, 0.2) is 0 Å². The molecule has 2 nitrogen and oxygen atoms in total. The third-order valence-corrected chi connectivity index (χ3v) is 10.9. The summed E-state index contributed by atoms with van der Waals surface area (Å²) in [5.74, 6) is 3.39. The Morgan fingerprint density at radius 3 is 2.66 bits per heavy atom. The number of rotatable bonds is 2. The summed E-state index contributed by atoms with van der Waals surface area (Å²) < 4.78 is 0. The zero-order chi connectivity index (χ0) is 22.1. The van der Waals surface area contributed by atoms with Gasteiger partial charge in [-0.15, -0.1) is 0 Å². The van der Waals surface area contributed by atoms with Gasteiger partial charge >= 0.3 is 0 Å². The highest BCUT2D eigenvalue weighted by atomic mass is 15.1. The normalized spacial score (nSPS) is 41.2. The molecule has 0 N–H and O–H groups in total. The first kappa shape index (κ1) is 20.9. The van der Waals surface area contributed by atoms with Gasteiger partial charge in [-0.05, 0) is 123 Å². The topological polar surface area (TPSA) is 16.1 Å². The zero-order valence-corrected chi connectivity index (χ0v) is 20.5. The smallest absolute Gasteiger partial charge is 0.0346 e. The van der Waals surface area contributed by atoms with E-state index in [1.54, 1.807) is 5.56 Å². The molecule has 2 heteroatoms. The summed E-state index contributed by atoms with van der Waals surface area (Å²) in [6, 6.07) is 10.1. The van der Waals surface area contributed by atoms with Crippen LogP contribution < -0.4 is 0 Å². The van der Waals surface area contributed by atoms with Gasteiger partial charge in [0.1, 0.15) is 0 Å². The predicted octanol–water partition coefficient (Wildman–Crippen LogP) is 7.21. The van der Waals surface area contributed by atoms with Crippen molar-refractivity contribution in [1.29, 1.82) is 0 Å². The Hall–Kier alpha value is -1.67. The molecular formula is C30H40N2. The van der Waals surface area contributed by atoms with Crippen LogP contribution in [-0.2, 0) is 0 Å². The number of nitrogens with zero attached hydrogens (tertiary/aromatic N) is 2. The highest BCUT2D eigenvalue weighted by Crippen LogP contribution is 2.68. The third kappa shape index (κ3) is 2.98. The quantitative estimate of drug-likeness (QED) is 0.470. The van der Waals surface area contributed by atoms with Crippen LogP contribution in [0.15, 0.2) is 48.3 Å². The fourth-order valence-electron chi connectivity index (χ4n) is 8.95. The molecule has 0 aliphatic heterocycles. The fraction of sp³-hybridized carbons (Fsp3) is 0.633. The Kier molecular flexibility index (Phi) is 4.85. The van der Waals surface area contributed by atoms with Crippen molar-refractivity contribution in [2.24, 2.45) is 28.6 Å². The minimum Gasteiger partial charge on any atom is -0.306 e. The number of allylic oxidation sites excluding steroid dienone is 1. The average molecular weight is 429 g/mol. The molecule has 4 aliphatic carbocycles. The van der Waals surface area contributed by atoms with Gasteiger partial charge in [0.05, 0.1) is 0 Å². The average Bonchev–Trinajstić information content (AvgIpc) is 3.15. The lowest BCUT2D eigenvalue weighted by Gasteiger charge is -2.58. The van der Waals surface area contributed by atoms with E-state index in [-0.39, 0.29) is 0 Å². The van der Waals surface area contributed by atoms with Crippen LogP contribution in [0, 0.1) is 28.6 Å². The van der Waals surface area contributed by atoms with E-state index in [9.17, 15) is 0 Å². The molecular weight excluding hydrogens is 388 g/mol. The number of hydrogen-bond acceptors (Lipinski definition) is 2. The molecule has 1 unspecified atom stereocenters. The molecule has 4 aliphatic rings. The first-order chi connectivity index (χ1) is 15.4. The number of pyridine rings is 1. The van der Waals surface area contributed by atoms with Crippen molar-refractivity contribution in [1.82, 2.24) is 9.88 Å². The molecule has 0 bridgehead atoms. The van der Waals surface area contributed by atoms with Crippen LogP contribution in [-0.4, -0.2) is 30.0 Å².